The maximum absolute atomic E-state index is 12.6. The monoisotopic (exact) mass is 387 g/mol. The maximum atomic E-state index is 12.6. The lowest BCUT2D eigenvalue weighted by atomic mass is 10.2. The van der Waals surface area contributed by atoms with E-state index in [0.717, 1.165) is 5.82 Å². The van der Waals surface area contributed by atoms with Crippen LogP contribution in [0.25, 0.3) is 0 Å². The van der Waals surface area contributed by atoms with Crippen LogP contribution in [0.5, 0.6) is 11.5 Å². The third-order valence-corrected chi connectivity index (χ3v) is 4.38. The van der Waals surface area contributed by atoms with E-state index in [2.05, 4.69) is 10.4 Å². The summed E-state index contributed by atoms with van der Waals surface area (Å²) >= 11 is 5.52. The summed E-state index contributed by atoms with van der Waals surface area (Å²) in [4.78, 5) is 12.6. The Hall–Kier alpha value is -3.07. The number of ether oxygens (including phenoxy) is 2. The third-order valence-electron chi connectivity index (χ3n) is 3.99. The molecule has 0 unspecified atom stereocenters. The Bertz CT molecular complexity index is 991. The number of methoxy groups -OCH3 is 2. The highest BCUT2D eigenvalue weighted by molar-refractivity contribution is 7.71. The van der Waals surface area contributed by atoms with Gasteiger partial charge in [-0.3, -0.25) is 9.47 Å². The number of hydrogen-bond donors (Lipinski definition) is 1. The van der Waals surface area contributed by atoms with E-state index in [1.54, 1.807) is 37.1 Å². The summed E-state index contributed by atoms with van der Waals surface area (Å²) in [7, 11) is 3.10. The van der Waals surface area contributed by atoms with Crippen molar-refractivity contribution in [1.29, 1.82) is 0 Å². The average molecular weight is 387 g/mol. The average Bonchev–Trinajstić information content (AvgIpc) is 3.29. The van der Waals surface area contributed by atoms with Crippen LogP contribution >= 0.6 is 12.2 Å². The number of carbonyl (C=O) groups excluding carboxylic acids is 1. The summed E-state index contributed by atoms with van der Waals surface area (Å²) in [6, 6.07) is 9.00. The number of benzene rings is 1. The van der Waals surface area contributed by atoms with Crippen molar-refractivity contribution in [3.05, 3.63) is 53.3 Å². The lowest BCUT2D eigenvalue weighted by Crippen LogP contribution is -2.20. The zero-order chi connectivity index (χ0) is 19.4. The van der Waals surface area contributed by atoms with E-state index < -0.39 is 0 Å². The van der Waals surface area contributed by atoms with Gasteiger partial charge in [0.25, 0.3) is 0 Å². The van der Waals surface area contributed by atoms with Crippen molar-refractivity contribution >= 4 is 23.8 Å². The number of rotatable bonds is 7. The van der Waals surface area contributed by atoms with Crippen LogP contribution in [0.2, 0.25) is 0 Å². The SMILES string of the molecule is CCc1nn(CC(=O)Nc2cc(OC)ccc2OC)c(=S)n1-n1cccc1. The second-order valence-corrected chi connectivity index (χ2v) is 6.06. The highest BCUT2D eigenvalue weighted by Crippen LogP contribution is 2.28. The van der Waals surface area contributed by atoms with Gasteiger partial charge in [0.15, 0.2) is 5.82 Å². The van der Waals surface area contributed by atoms with Gasteiger partial charge >= 0.3 is 0 Å². The van der Waals surface area contributed by atoms with Crippen molar-refractivity contribution in [2.75, 3.05) is 19.5 Å². The van der Waals surface area contributed by atoms with E-state index in [4.69, 9.17) is 21.7 Å². The van der Waals surface area contributed by atoms with E-state index >= 15 is 0 Å². The van der Waals surface area contributed by atoms with Crippen molar-refractivity contribution in [2.24, 2.45) is 0 Å². The number of anilines is 1. The van der Waals surface area contributed by atoms with Crippen LogP contribution in [0.1, 0.15) is 12.7 Å². The molecule has 142 valence electrons. The number of hydrogen-bond acceptors (Lipinski definition) is 5. The molecular formula is C18H21N5O3S. The maximum Gasteiger partial charge on any atom is 0.246 e. The largest absolute Gasteiger partial charge is 0.497 e. The summed E-state index contributed by atoms with van der Waals surface area (Å²) in [5.41, 5.74) is 0.522. The molecule has 1 amide bonds. The molecule has 1 aromatic carbocycles. The fourth-order valence-corrected chi connectivity index (χ4v) is 3.00. The Morgan fingerprint density at radius 3 is 2.59 bits per heavy atom. The molecule has 0 aliphatic carbocycles. The smallest absolute Gasteiger partial charge is 0.246 e. The minimum atomic E-state index is -0.266. The molecule has 2 aromatic heterocycles. The molecule has 3 rings (SSSR count). The number of aryl methyl sites for hydroxylation is 1. The van der Waals surface area contributed by atoms with Gasteiger partial charge in [-0.2, -0.15) is 5.10 Å². The predicted molar refractivity (Wildman–Crippen MR) is 104 cm³/mol. The van der Waals surface area contributed by atoms with E-state index in [1.807, 2.05) is 36.1 Å². The van der Waals surface area contributed by atoms with E-state index in [0.29, 0.717) is 28.4 Å². The van der Waals surface area contributed by atoms with Gasteiger partial charge < -0.3 is 14.8 Å². The quantitative estimate of drug-likeness (QED) is 0.631. The third kappa shape index (κ3) is 3.87. The first kappa shape index (κ1) is 18.7. The van der Waals surface area contributed by atoms with Crippen LogP contribution in [-0.2, 0) is 17.8 Å². The van der Waals surface area contributed by atoms with Gasteiger partial charge in [-0.25, -0.2) is 9.36 Å². The highest BCUT2D eigenvalue weighted by atomic mass is 32.1. The second kappa shape index (κ2) is 8.09. The Kier molecular flexibility index (Phi) is 5.60. The van der Waals surface area contributed by atoms with E-state index in [9.17, 15) is 4.79 Å². The van der Waals surface area contributed by atoms with Crippen LogP contribution in [0.3, 0.4) is 0 Å². The van der Waals surface area contributed by atoms with Crippen LogP contribution in [0.4, 0.5) is 5.69 Å². The normalized spacial score (nSPS) is 10.6. The molecule has 0 saturated carbocycles. The Labute approximate surface area is 161 Å². The summed E-state index contributed by atoms with van der Waals surface area (Å²) in [6.45, 7) is 1.98. The first-order valence-electron chi connectivity index (χ1n) is 8.41. The molecule has 0 aliphatic rings. The Morgan fingerprint density at radius 2 is 1.96 bits per heavy atom. The zero-order valence-electron chi connectivity index (χ0n) is 15.4. The van der Waals surface area contributed by atoms with Gasteiger partial charge in [-0.05, 0) is 36.5 Å². The standard InChI is InChI=1S/C18H21N5O3S/c1-4-16-20-22(18(27)23(16)21-9-5-6-10-21)12-17(24)19-14-11-13(25-2)7-8-15(14)26-3/h5-11H,4,12H2,1-3H3,(H,19,24). The van der Waals surface area contributed by atoms with Crippen molar-refractivity contribution < 1.29 is 14.3 Å². The molecule has 0 fully saturated rings. The number of amides is 1. The van der Waals surface area contributed by atoms with Crippen molar-refractivity contribution in [3.8, 4) is 11.5 Å². The molecule has 27 heavy (non-hydrogen) atoms. The van der Waals surface area contributed by atoms with Crippen molar-refractivity contribution in [2.45, 2.75) is 19.9 Å². The van der Waals surface area contributed by atoms with Gasteiger partial charge in [0.05, 0.1) is 19.9 Å². The summed E-state index contributed by atoms with van der Waals surface area (Å²) in [5.74, 6) is 1.66. The van der Waals surface area contributed by atoms with Crippen LogP contribution < -0.4 is 14.8 Å². The van der Waals surface area contributed by atoms with Crippen molar-refractivity contribution in [1.82, 2.24) is 19.1 Å². The summed E-state index contributed by atoms with van der Waals surface area (Å²) < 4.78 is 16.1. The van der Waals surface area contributed by atoms with Gasteiger partial charge in [-0.1, -0.05) is 6.92 Å². The zero-order valence-corrected chi connectivity index (χ0v) is 16.2. The molecule has 2 heterocycles. The fourth-order valence-electron chi connectivity index (χ4n) is 2.70. The molecule has 9 heteroatoms. The number of carbonyl (C=O) groups is 1. The molecular weight excluding hydrogens is 366 g/mol. The first-order valence-corrected chi connectivity index (χ1v) is 8.82. The lowest BCUT2D eigenvalue weighted by Gasteiger charge is -2.11. The van der Waals surface area contributed by atoms with Crippen molar-refractivity contribution in [3.63, 3.8) is 0 Å². The number of aromatic nitrogens is 4. The molecule has 0 radical (unpaired) electrons. The van der Waals surface area contributed by atoms with Crippen LogP contribution in [0.15, 0.2) is 42.7 Å². The highest BCUT2D eigenvalue weighted by Gasteiger charge is 2.15. The second-order valence-electron chi connectivity index (χ2n) is 5.70. The minimum absolute atomic E-state index is 0.0134. The molecule has 8 nitrogen and oxygen atoms in total. The summed E-state index contributed by atoms with van der Waals surface area (Å²) in [5, 5.41) is 7.31. The van der Waals surface area contributed by atoms with Gasteiger partial charge in [0.1, 0.15) is 18.0 Å². The predicted octanol–water partition coefficient (Wildman–Crippen LogP) is 2.75. The van der Waals surface area contributed by atoms with Crippen LogP contribution in [-0.4, -0.2) is 39.3 Å². The lowest BCUT2D eigenvalue weighted by molar-refractivity contribution is -0.116. The van der Waals surface area contributed by atoms with E-state index in [1.165, 1.54) is 4.68 Å². The molecule has 0 spiro atoms. The Balaban J connectivity index is 1.84. The Morgan fingerprint density at radius 1 is 1.22 bits per heavy atom. The number of nitrogens with one attached hydrogen (secondary N) is 1. The topological polar surface area (TPSA) is 75.2 Å². The molecule has 0 bridgehead atoms. The number of nitrogens with zero attached hydrogens (tertiary/aromatic N) is 4. The minimum Gasteiger partial charge on any atom is -0.497 e. The molecule has 1 N–H and O–H groups in total. The summed E-state index contributed by atoms with van der Waals surface area (Å²) in [6.07, 6.45) is 4.43. The molecule has 0 saturated heterocycles. The molecule has 3 aromatic rings. The first-order chi connectivity index (χ1) is 13.1. The van der Waals surface area contributed by atoms with Gasteiger partial charge in [0.2, 0.25) is 10.7 Å². The van der Waals surface area contributed by atoms with E-state index in [-0.39, 0.29) is 12.5 Å². The molecule has 0 atom stereocenters. The molecule has 0 aliphatic heterocycles. The van der Waals surface area contributed by atoms with Crippen LogP contribution in [0, 0.1) is 4.77 Å². The van der Waals surface area contributed by atoms with Gasteiger partial charge in [0, 0.05) is 24.9 Å². The van der Waals surface area contributed by atoms with Gasteiger partial charge in [-0.15, -0.1) is 0 Å². The fraction of sp³-hybridized carbons (Fsp3) is 0.278.